The van der Waals surface area contributed by atoms with Gasteiger partial charge in [-0.1, -0.05) is 41.3 Å². The van der Waals surface area contributed by atoms with Crippen LogP contribution in [-0.2, 0) is 19.1 Å². The molecular weight excluding hydrogens is 609 g/mol. The summed E-state index contributed by atoms with van der Waals surface area (Å²) in [6.07, 6.45) is 0. The molecule has 13 heteroatoms. The highest BCUT2D eigenvalue weighted by molar-refractivity contribution is 8.00. The van der Waals surface area contributed by atoms with E-state index in [-0.39, 0.29) is 23.8 Å². The number of aromatic amines is 1. The summed E-state index contributed by atoms with van der Waals surface area (Å²) in [5.74, 6) is -3.68. The zero-order valence-electron chi connectivity index (χ0n) is 23.1. The molecule has 44 heavy (non-hydrogen) atoms. The Morgan fingerprint density at radius 3 is 2.43 bits per heavy atom. The number of thiazole rings is 1. The first-order valence-electron chi connectivity index (χ1n) is 13.6. The first-order valence-corrected chi connectivity index (χ1v) is 15.3. The van der Waals surface area contributed by atoms with Crippen LogP contribution in [0, 0.1) is 11.7 Å². The maximum atomic E-state index is 13.9. The molecule has 3 atom stereocenters. The van der Waals surface area contributed by atoms with Crippen LogP contribution in [0.2, 0.25) is 0 Å². The second-order valence-electron chi connectivity index (χ2n) is 9.91. The number of benzene rings is 3. The van der Waals surface area contributed by atoms with E-state index >= 15 is 0 Å². The molecule has 1 saturated heterocycles. The quantitative estimate of drug-likeness (QED) is 0.213. The van der Waals surface area contributed by atoms with Crippen LogP contribution in [0.1, 0.15) is 33.6 Å². The average molecular weight is 634 g/mol. The van der Waals surface area contributed by atoms with Crippen molar-refractivity contribution in [3.05, 3.63) is 104 Å². The number of carbonyl (C=O) groups excluding carboxylic acids is 4. The lowest BCUT2D eigenvalue weighted by Crippen LogP contribution is -2.32. The fourth-order valence-electron chi connectivity index (χ4n) is 5.31. The van der Waals surface area contributed by atoms with Gasteiger partial charge in [0, 0.05) is 22.0 Å². The Bertz CT molecular complexity index is 1820. The third-order valence-electron chi connectivity index (χ3n) is 7.20. The van der Waals surface area contributed by atoms with Crippen LogP contribution in [-0.4, -0.2) is 47.1 Å². The number of imide groups is 1. The number of rotatable bonds is 8. The van der Waals surface area contributed by atoms with Crippen molar-refractivity contribution in [2.75, 3.05) is 23.4 Å². The molecule has 0 spiro atoms. The van der Waals surface area contributed by atoms with E-state index < -0.39 is 46.6 Å². The van der Waals surface area contributed by atoms with Crippen molar-refractivity contribution in [1.29, 1.82) is 0 Å². The number of fused-ring (bicyclic) bond motifs is 2. The summed E-state index contributed by atoms with van der Waals surface area (Å²) in [7, 11) is 0. The van der Waals surface area contributed by atoms with Gasteiger partial charge < -0.3 is 19.8 Å². The van der Waals surface area contributed by atoms with E-state index in [2.05, 4.69) is 10.3 Å². The van der Waals surface area contributed by atoms with Crippen LogP contribution in [0.5, 0.6) is 5.75 Å². The fraction of sp³-hybridized carbons (Fsp3) is 0.194. The number of amides is 3. The second-order valence-corrected chi connectivity index (χ2v) is 12.1. The average Bonchev–Trinajstić information content (AvgIpc) is 3.51. The van der Waals surface area contributed by atoms with E-state index in [0.717, 1.165) is 28.0 Å². The van der Waals surface area contributed by atoms with Gasteiger partial charge in [-0.05, 0) is 61.5 Å². The molecule has 6 rings (SSSR count). The maximum Gasteiger partial charge on any atom is 0.338 e. The molecule has 2 aliphatic rings. The van der Waals surface area contributed by atoms with Crippen molar-refractivity contribution in [1.82, 2.24) is 4.98 Å². The first-order chi connectivity index (χ1) is 21.2. The third kappa shape index (κ3) is 5.51. The number of carbonyl (C=O) groups is 4. The highest BCUT2D eigenvalue weighted by Crippen LogP contribution is 2.54. The van der Waals surface area contributed by atoms with Crippen molar-refractivity contribution in [3.8, 4) is 5.75 Å². The molecule has 0 radical (unpaired) electrons. The number of H-pyrrole nitrogens is 1. The van der Waals surface area contributed by atoms with Gasteiger partial charge in [0.25, 0.3) is 5.91 Å². The Morgan fingerprint density at radius 1 is 0.977 bits per heavy atom. The second kappa shape index (κ2) is 12.1. The molecule has 0 aliphatic carbocycles. The SMILES string of the molecule is CCOC(=O)c1ccc(NC(=O)COc2ccccc2[C@@H]2c3sc(=O)[nH]c3S[C@H]3C(=O)N(c4ccc(F)cc4)C(=O)[C@@H]23)cc1. The summed E-state index contributed by atoms with van der Waals surface area (Å²) in [5, 5.41) is 2.36. The molecule has 2 N–H and O–H groups in total. The zero-order chi connectivity index (χ0) is 31.0. The zero-order valence-corrected chi connectivity index (χ0v) is 24.7. The number of aromatic nitrogens is 1. The smallest absolute Gasteiger partial charge is 0.338 e. The Hall–Kier alpha value is -4.75. The number of ether oxygens (including phenoxy) is 2. The molecule has 0 unspecified atom stereocenters. The molecule has 1 fully saturated rings. The maximum absolute atomic E-state index is 13.9. The monoisotopic (exact) mass is 633 g/mol. The number of nitrogens with zero attached hydrogens (tertiary/aromatic N) is 1. The number of hydrogen-bond acceptors (Lipinski definition) is 9. The Balaban J connectivity index is 1.26. The number of halogens is 1. The molecule has 3 amide bonds. The van der Waals surface area contributed by atoms with Crippen LogP contribution in [0.3, 0.4) is 0 Å². The lowest BCUT2D eigenvalue weighted by Gasteiger charge is -2.30. The van der Waals surface area contributed by atoms with Crippen LogP contribution in [0.4, 0.5) is 15.8 Å². The summed E-state index contributed by atoms with van der Waals surface area (Å²) in [4.78, 5) is 68.7. The highest BCUT2D eigenvalue weighted by Gasteiger charge is 2.56. The van der Waals surface area contributed by atoms with Gasteiger partial charge in [-0.25, -0.2) is 14.1 Å². The number of hydrogen-bond donors (Lipinski definition) is 2. The van der Waals surface area contributed by atoms with Crippen molar-refractivity contribution < 1.29 is 33.0 Å². The number of thioether (sulfide) groups is 1. The van der Waals surface area contributed by atoms with Crippen LogP contribution in [0.15, 0.2) is 82.6 Å². The first kappa shape index (κ1) is 29.3. The van der Waals surface area contributed by atoms with Gasteiger partial charge in [-0.3, -0.25) is 19.2 Å². The minimum atomic E-state index is -0.881. The van der Waals surface area contributed by atoms with Gasteiger partial charge in [0.15, 0.2) is 6.61 Å². The summed E-state index contributed by atoms with van der Waals surface area (Å²) in [6, 6.07) is 18.2. The van der Waals surface area contributed by atoms with Gasteiger partial charge in [-0.15, -0.1) is 0 Å². The van der Waals surface area contributed by atoms with Crippen molar-refractivity contribution in [3.63, 3.8) is 0 Å². The Kier molecular flexibility index (Phi) is 8.06. The molecule has 0 saturated carbocycles. The minimum absolute atomic E-state index is 0.248. The van der Waals surface area contributed by atoms with Crippen molar-refractivity contribution in [2.45, 2.75) is 23.1 Å². The van der Waals surface area contributed by atoms with Crippen LogP contribution >= 0.6 is 23.1 Å². The summed E-state index contributed by atoms with van der Waals surface area (Å²) < 4.78 is 24.5. The molecule has 224 valence electrons. The van der Waals surface area contributed by atoms with E-state index in [0.29, 0.717) is 32.5 Å². The minimum Gasteiger partial charge on any atom is -0.483 e. The number of anilines is 2. The predicted octanol–water partition coefficient (Wildman–Crippen LogP) is 4.57. The van der Waals surface area contributed by atoms with E-state index in [1.54, 1.807) is 43.3 Å². The lowest BCUT2D eigenvalue weighted by molar-refractivity contribution is -0.122. The van der Waals surface area contributed by atoms with Gasteiger partial charge in [-0.2, -0.15) is 0 Å². The Labute approximate surface area is 258 Å². The molecule has 4 aromatic rings. The molecular formula is C31H24FN3O7S2. The van der Waals surface area contributed by atoms with E-state index in [9.17, 15) is 28.4 Å². The van der Waals surface area contributed by atoms with E-state index in [4.69, 9.17) is 9.47 Å². The number of esters is 1. The fourth-order valence-corrected chi connectivity index (χ4v) is 7.82. The van der Waals surface area contributed by atoms with E-state index in [1.807, 2.05) is 0 Å². The van der Waals surface area contributed by atoms with Gasteiger partial charge >= 0.3 is 10.8 Å². The van der Waals surface area contributed by atoms with Crippen LogP contribution in [0.25, 0.3) is 0 Å². The number of para-hydroxylation sites is 1. The highest BCUT2D eigenvalue weighted by atomic mass is 32.2. The molecule has 2 aliphatic heterocycles. The largest absolute Gasteiger partial charge is 0.483 e. The van der Waals surface area contributed by atoms with Crippen molar-refractivity contribution >= 4 is 58.2 Å². The molecule has 3 heterocycles. The topological polar surface area (TPSA) is 135 Å². The van der Waals surface area contributed by atoms with Gasteiger partial charge in [0.1, 0.15) is 16.8 Å². The molecule has 3 aromatic carbocycles. The van der Waals surface area contributed by atoms with Gasteiger partial charge in [0.2, 0.25) is 11.8 Å². The molecule has 10 nitrogen and oxygen atoms in total. The number of nitrogens with one attached hydrogen (secondary N) is 2. The van der Waals surface area contributed by atoms with Crippen molar-refractivity contribution in [2.24, 2.45) is 5.92 Å². The van der Waals surface area contributed by atoms with E-state index in [1.165, 1.54) is 36.4 Å². The molecule has 1 aromatic heterocycles. The Morgan fingerprint density at radius 2 is 1.70 bits per heavy atom. The predicted molar refractivity (Wildman–Crippen MR) is 162 cm³/mol. The standard InChI is InChI=1S/C31H24FN3O7S2/c1-2-41-30(39)16-7-11-18(12-8-16)33-22(36)15-42-21-6-4-3-5-20(21)23-24-26(43-27-25(23)44-31(40)34-27)29(38)35(28(24)37)19-13-9-17(32)10-14-19/h3-14,23-24,26H,2,15H2,1H3,(H,33,36)(H,34,40)/t23-,24-,26+/m0/s1. The molecule has 0 bridgehead atoms. The third-order valence-corrected chi connectivity index (χ3v) is 9.60. The van der Waals surface area contributed by atoms with Crippen LogP contribution < -0.4 is 19.8 Å². The summed E-state index contributed by atoms with van der Waals surface area (Å²) in [6.45, 7) is 1.58. The summed E-state index contributed by atoms with van der Waals surface area (Å²) >= 11 is 2.08. The van der Waals surface area contributed by atoms with Gasteiger partial charge in [0.05, 0.1) is 28.8 Å². The lowest BCUT2D eigenvalue weighted by atomic mass is 9.82. The summed E-state index contributed by atoms with van der Waals surface area (Å²) in [5.41, 5.74) is 1.59. The normalized spacial score (nSPS) is 18.9.